The van der Waals surface area contributed by atoms with Gasteiger partial charge in [-0.15, -0.1) is 0 Å². The highest BCUT2D eigenvalue weighted by Gasteiger charge is 2.39. The van der Waals surface area contributed by atoms with Crippen LogP contribution in [-0.2, 0) is 17.9 Å². The summed E-state index contributed by atoms with van der Waals surface area (Å²) in [7, 11) is 0. The molecule has 5 heteroatoms. The zero-order chi connectivity index (χ0) is 18.0. The van der Waals surface area contributed by atoms with E-state index in [1.165, 1.54) is 5.56 Å². The molecule has 0 bridgehead atoms. The van der Waals surface area contributed by atoms with Gasteiger partial charge in [-0.3, -0.25) is 9.69 Å². The first-order valence-corrected chi connectivity index (χ1v) is 8.95. The molecule has 3 rings (SSSR count). The van der Waals surface area contributed by atoms with Gasteiger partial charge >= 0.3 is 5.97 Å². The molecule has 0 aliphatic carbocycles. The second kappa shape index (κ2) is 7.40. The van der Waals surface area contributed by atoms with E-state index in [0.717, 1.165) is 30.9 Å². The number of hydrogen-bond acceptors (Lipinski definition) is 3. The van der Waals surface area contributed by atoms with Crippen LogP contribution >= 0.6 is 0 Å². The first-order chi connectivity index (χ1) is 12.0. The zero-order valence-electron chi connectivity index (χ0n) is 15.2. The number of carbonyl (C=O) groups is 1. The number of rotatable bonds is 6. The number of carboxylic acids is 1. The molecule has 1 N–H and O–H groups in total. The minimum Gasteiger partial charge on any atom is -0.481 e. The molecule has 25 heavy (non-hydrogen) atoms. The highest BCUT2D eigenvalue weighted by Crippen LogP contribution is 2.35. The molecule has 0 radical (unpaired) electrons. The molecule has 1 aliphatic rings. The molecule has 2 atom stereocenters. The third-order valence-electron chi connectivity index (χ3n) is 5.05. The van der Waals surface area contributed by atoms with Gasteiger partial charge in [0, 0.05) is 38.3 Å². The van der Waals surface area contributed by atoms with Gasteiger partial charge in [-0.1, -0.05) is 38.1 Å². The highest BCUT2D eigenvalue weighted by atomic mass is 16.4. The molecule has 1 aromatic heterocycles. The van der Waals surface area contributed by atoms with Crippen molar-refractivity contribution in [2.45, 2.75) is 39.8 Å². The monoisotopic (exact) mass is 341 g/mol. The van der Waals surface area contributed by atoms with Gasteiger partial charge < -0.3 is 9.67 Å². The lowest BCUT2D eigenvalue weighted by Crippen LogP contribution is -2.24. The number of likely N-dealkylation sites (tertiary alicyclic amines) is 1. The Kier molecular flexibility index (Phi) is 5.23. The summed E-state index contributed by atoms with van der Waals surface area (Å²) in [5.74, 6) is -0.466. The van der Waals surface area contributed by atoms with Gasteiger partial charge in [0.25, 0.3) is 0 Å². The van der Waals surface area contributed by atoms with Crippen LogP contribution < -0.4 is 0 Å². The standard InChI is InChI=1S/C20H27N3O2/c1-14(2)9-23-13-21-8-16(23)10-22-11-18(19(12-22)20(24)25)17-7-5-4-6-15(17)3/h4-8,13-14,18-19H,9-12H2,1-3H3,(H,24,25)/t18-,19+/m0/s1. The fourth-order valence-electron chi connectivity index (χ4n) is 3.85. The smallest absolute Gasteiger partial charge is 0.308 e. The van der Waals surface area contributed by atoms with Crippen LogP contribution in [0.25, 0.3) is 0 Å². The summed E-state index contributed by atoms with van der Waals surface area (Å²) in [4.78, 5) is 18.3. The summed E-state index contributed by atoms with van der Waals surface area (Å²) in [5.41, 5.74) is 3.49. The quantitative estimate of drug-likeness (QED) is 0.877. The van der Waals surface area contributed by atoms with Gasteiger partial charge in [0.15, 0.2) is 0 Å². The lowest BCUT2D eigenvalue weighted by Gasteiger charge is -2.19. The van der Waals surface area contributed by atoms with Crippen molar-refractivity contribution in [3.05, 3.63) is 53.6 Å². The molecular formula is C20H27N3O2. The van der Waals surface area contributed by atoms with E-state index in [4.69, 9.17) is 0 Å². The Balaban J connectivity index is 1.78. The van der Waals surface area contributed by atoms with Gasteiger partial charge in [-0.05, 0) is 24.0 Å². The highest BCUT2D eigenvalue weighted by molar-refractivity contribution is 5.72. The Morgan fingerprint density at radius 1 is 1.32 bits per heavy atom. The fourth-order valence-corrected chi connectivity index (χ4v) is 3.85. The van der Waals surface area contributed by atoms with E-state index in [2.05, 4.69) is 47.4 Å². The normalized spacial score (nSPS) is 21.1. The third kappa shape index (κ3) is 3.93. The first-order valence-electron chi connectivity index (χ1n) is 8.95. The van der Waals surface area contributed by atoms with Crippen LogP contribution in [0.2, 0.25) is 0 Å². The van der Waals surface area contributed by atoms with Crippen LogP contribution in [0.5, 0.6) is 0 Å². The molecule has 1 fully saturated rings. The Morgan fingerprint density at radius 3 is 2.76 bits per heavy atom. The van der Waals surface area contributed by atoms with E-state index in [1.807, 2.05) is 24.7 Å². The third-order valence-corrected chi connectivity index (χ3v) is 5.05. The predicted octanol–water partition coefficient (Wildman–Crippen LogP) is 3.15. The minimum absolute atomic E-state index is 0.0418. The van der Waals surface area contributed by atoms with Crippen LogP contribution in [0.15, 0.2) is 36.8 Å². The van der Waals surface area contributed by atoms with E-state index in [0.29, 0.717) is 12.5 Å². The average Bonchev–Trinajstić information content (AvgIpc) is 3.15. The molecule has 134 valence electrons. The van der Waals surface area contributed by atoms with Gasteiger partial charge in [0.2, 0.25) is 0 Å². The minimum atomic E-state index is -0.702. The number of aliphatic carboxylic acids is 1. The molecule has 0 saturated carbocycles. The van der Waals surface area contributed by atoms with Gasteiger partial charge in [-0.2, -0.15) is 0 Å². The number of benzene rings is 1. The summed E-state index contributed by atoms with van der Waals surface area (Å²) in [6.07, 6.45) is 3.78. The number of aromatic nitrogens is 2. The topological polar surface area (TPSA) is 58.4 Å². The van der Waals surface area contributed by atoms with Crippen molar-refractivity contribution >= 4 is 5.97 Å². The Bertz CT molecular complexity index is 738. The molecule has 1 aliphatic heterocycles. The number of carboxylic acid groups (broad SMARTS) is 1. The number of imidazole rings is 1. The molecular weight excluding hydrogens is 314 g/mol. The number of hydrogen-bond donors (Lipinski definition) is 1. The SMILES string of the molecule is Cc1ccccc1[C@@H]1CN(Cc2cncn2CC(C)C)C[C@H]1C(=O)O. The summed E-state index contributed by atoms with van der Waals surface area (Å²) in [5, 5.41) is 9.71. The van der Waals surface area contributed by atoms with Crippen molar-refractivity contribution in [2.75, 3.05) is 13.1 Å². The summed E-state index contributed by atoms with van der Waals surface area (Å²) < 4.78 is 2.18. The van der Waals surface area contributed by atoms with E-state index in [9.17, 15) is 9.90 Å². The molecule has 0 spiro atoms. The van der Waals surface area contributed by atoms with Gasteiger partial charge in [0.1, 0.15) is 0 Å². The first kappa shape index (κ1) is 17.7. The molecule has 0 amide bonds. The Morgan fingerprint density at radius 2 is 2.08 bits per heavy atom. The Labute approximate surface area is 149 Å². The lowest BCUT2D eigenvalue weighted by molar-refractivity contribution is -0.141. The molecule has 1 aromatic carbocycles. The van der Waals surface area contributed by atoms with E-state index >= 15 is 0 Å². The lowest BCUT2D eigenvalue weighted by atomic mass is 9.86. The second-order valence-corrected chi connectivity index (χ2v) is 7.53. The maximum Gasteiger partial charge on any atom is 0.308 e. The largest absolute Gasteiger partial charge is 0.481 e. The second-order valence-electron chi connectivity index (χ2n) is 7.53. The maximum absolute atomic E-state index is 11.8. The van der Waals surface area contributed by atoms with E-state index in [-0.39, 0.29) is 11.8 Å². The Hall–Kier alpha value is -2.14. The van der Waals surface area contributed by atoms with Crippen LogP contribution in [0, 0.1) is 18.8 Å². The van der Waals surface area contributed by atoms with Crippen LogP contribution in [0.3, 0.4) is 0 Å². The van der Waals surface area contributed by atoms with Crippen molar-refractivity contribution in [3.63, 3.8) is 0 Å². The zero-order valence-corrected chi connectivity index (χ0v) is 15.2. The van der Waals surface area contributed by atoms with E-state index < -0.39 is 5.97 Å². The number of nitrogens with zero attached hydrogens (tertiary/aromatic N) is 3. The summed E-state index contributed by atoms with van der Waals surface area (Å²) in [6.45, 7) is 9.48. The van der Waals surface area contributed by atoms with Crippen molar-refractivity contribution < 1.29 is 9.90 Å². The molecule has 2 heterocycles. The summed E-state index contributed by atoms with van der Waals surface area (Å²) in [6, 6.07) is 8.14. The van der Waals surface area contributed by atoms with Crippen molar-refractivity contribution in [3.8, 4) is 0 Å². The molecule has 5 nitrogen and oxygen atoms in total. The van der Waals surface area contributed by atoms with Crippen molar-refractivity contribution in [2.24, 2.45) is 11.8 Å². The van der Waals surface area contributed by atoms with E-state index in [1.54, 1.807) is 0 Å². The maximum atomic E-state index is 11.8. The predicted molar refractivity (Wildman–Crippen MR) is 97.4 cm³/mol. The van der Waals surface area contributed by atoms with Gasteiger partial charge in [0.05, 0.1) is 17.9 Å². The molecule has 0 unspecified atom stereocenters. The van der Waals surface area contributed by atoms with Crippen LogP contribution in [0.4, 0.5) is 0 Å². The molecule has 2 aromatic rings. The average molecular weight is 341 g/mol. The fraction of sp³-hybridized carbons (Fsp3) is 0.500. The molecule has 1 saturated heterocycles. The van der Waals surface area contributed by atoms with Crippen molar-refractivity contribution in [1.29, 1.82) is 0 Å². The summed E-state index contributed by atoms with van der Waals surface area (Å²) >= 11 is 0. The van der Waals surface area contributed by atoms with Crippen LogP contribution in [-0.4, -0.2) is 38.6 Å². The van der Waals surface area contributed by atoms with Crippen LogP contribution in [0.1, 0.15) is 36.6 Å². The number of aryl methyl sites for hydroxylation is 1. The van der Waals surface area contributed by atoms with Gasteiger partial charge in [-0.25, -0.2) is 4.98 Å². The van der Waals surface area contributed by atoms with Crippen molar-refractivity contribution in [1.82, 2.24) is 14.5 Å².